The van der Waals surface area contributed by atoms with Crippen LogP contribution in [0.1, 0.15) is 5.56 Å². The van der Waals surface area contributed by atoms with Gasteiger partial charge in [0.1, 0.15) is 15.6 Å². The molecule has 0 saturated carbocycles. The summed E-state index contributed by atoms with van der Waals surface area (Å²) in [6, 6.07) is 5.99. The van der Waals surface area contributed by atoms with Crippen LogP contribution >= 0.6 is 0 Å². The van der Waals surface area contributed by atoms with Crippen LogP contribution in [0.15, 0.2) is 30.8 Å². The molecule has 70 valence electrons. The van der Waals surface area contributed by atoms with Crippen LogP contribution in [0.25, 0.3) is 4.91 Å². The van der Waals surface area contributed by atoms with Gasteiger partial charge in [0.15, 0.2) is 0 Å². The molecule has 4 heteroatoms. The molecule has 0 aromatic heterocycles. The van der Waals surface area contributed by atoms with Gasteiger partial charge in [-0.2, -0.15) is 0 Å². The second-order valence-electron chi connectivity index (χ2n) is 2.61. The second kappa shape index (κ2) is 3.24. The Morgan fingerprint density at radius 2 is 2.08 bits per heavy atom. The Kier molecular flexibility index (Phi) is 2.45. The van der Waals surface area contributed by atoms with Crippen LogP contribution in [0.4, 0.5) is 0 Å². The fourth-order valence-electron chi connectivity index (χ4n) is 0.864. The molecular weight excluding hydrogens is 188 g/mol. The predicted octanol–water partition coefficient (Wildman–Crippen LogP) is 1.55. The Morgan fingerprint density at radius 1 is 1.46 bits per heavy atom. The Morgan fingerprint density at radius 3 is 2.54 bits per heavy atom. The zero-order valence-electron chi connectivity index (χ0n) is 6.93. The summed E-state index contributed by atoms with van der Waals surface area (Å²) < 4.78 is 20.1. The Labute approximate surface area is 77.2 Å². The first kappa shape index (κ1) is 9.83. The van der Waals surface area contributed by atoms with E-state index in [1.165, 1.54) is 12.1 Å². The van der Waals surface area contributed by atoms with E-state index in [0.717, 1.165) is 0 Å². The second-order valence-corrected chi connectivity index (χ2v) is 4.39. The molecule has 13 heavy (non-hydrogen) atoms. The van der Waals surface area contributed by atoms with Gasteiger partial charge in [-0.3, -0.25) is 0 Å². The predicted molar refractivity (Wildman–Crippen MR) is 55.0 cm³/mol. The molecule has 0 radical (unpaired) electrons. The lowest BCUT2D eigenvalue weighted by Gasteiger charge is -2.05. The maximum absolute atomic E-state index is 11.1. The van der Waals surface area contributed by atoms with Gasteiger partial charge in [-0.25, -0.2) is 4.21 Å². The summed E-state index contributed by atoms with van der Waals surface area (Å²) in [5, 5.41) is 9.09. The van der Waals surface area contributed by atoms with Gasteiger partial charge in [-0.1, -0.05) is 18.7 Å². The first-order chi connectivity index (χ1) is 5.91. The molecule has 0 aliphatic heterocycles. The van der Waals surface area contributed by atoms with Gasteiger partial charge in [-0.15, -0.1) is 0 Å². The van der Waals surface area contributed by atoms with E-state index in [-0.39, 0.29) is 10.7 Å². The number of phenolic OH excluding ortho intramolecular Hbond substituents is 1. The van der Waals surface area contributed by atoms with Crippen molar-refractivity contribution in [2.45, 2.75) is 0 Å². The number of benzene rings is 1. The maximum Gasteiger partial charge on any atom is 0.116 e. The van der Waals surface area contributed by atoms with Crippen LogP contribution < -0.4 is 0 Å². The molecule has 0 bridgehead atoms. The average Bonchev–Trinajstić information content (AvgIpc) is 2.01. The summed E-state index contributed by atoms with van der Waals surface area (Å²) >= 11 is 0. The molecule has 0 saturated heterocycles. The molecule has 0 fully saturated rings. The normalized spacial score (nSPS) is 14.8. The zero-order valence-corrected chi connectivity index (χ0v) is 7.75. The third kappa shape index (κ3) is 2.34. The van der Waals surface area contributed by atoms with Crippen molar-refractivity contribution in [2.24, 2.45) is 0 Å². The van der Waals surface area contributed by atoms with E-state index in [9.17, 15) is 4.21 Å². The third-order valence-electron chi connectivity index (χ3n) is 1.55. The number of phenols is 1. The highest BCUT2D eigenvalue weighted by molar-refractivity contribution is 8.03. The molecule has 1 aromatic carbocycles. The molecular formula is C9H10O3S. The van der Waals surface area contributed by atoms with Crippen molar-refractivity contribution in [1.29, 1.82) is 0 Å². The van der Waals surface area contributed by atoms with Gasteiger partial charge in [0.2, 0.25) is 0 Å². The molecule has 0 spiro atoms. The molecule has 1 rings (SSSR count). The molecule has 1 unspecified atom stereocenters. The van der Waals surface area contributed by atoms with Crippen LogP contribution in [0.3, 0.4) is 0 Å². The molecule has 3 nitrogen and oxygen atoms in total. The van der Waals surface area contributed by atoms with Crippen molar-refractivity contribution in [3.63, 3.8) is 0 Å². The van der Waals surface area contributed by atoms with Gasteiger partial charge >= 0.3 is 0 Å². The largest absolute Gasteiger partial charge is 0.508 e. The van der Waals surface area contributed by atoms with Gasteiger partial charge in [0, 0.05) is 0 Å². The molecule has 0 aliphatic rings. The lowest BCUT2D eigenvalue weighted by molar-refractivity contribution is 0.475. The lowest BCUT2D eigenvalue weighted by Crippen LogP contribution is -1.98. The first-order valence-electron chi connectivity index (χ1n) is 3.49. The van der Waals surface area contributed by atoms with Crippen LogP contribution in [-0.4, -0.2) is 19.7 Å². The molecule has 0 amide bonds. The maximum atomic E-state index is 11.1. The van der Waals surface area contributed by atoms with E-state index in [1.54, 1.807) is 12.1 Å². The lowest BCUT2D eigenvalue weighted by atomic mass is 10.2. The minimum atomic E-state index is -3.28. The van der Waals surface area contributed by atoms with E-state index in [4.69, 9.17) is 9.66 Å². The summed E-state index contributed by atoms with van der Waals surface area (Å²) in [5.74, 6) is 3.11. The van der Waals surface area contributed by atoms with Gasteiger partial charge in [0.05, 0.1) is 4.91 Å². The fraction of sp³-hybridized carbons (Fsp3) is 0. The van der Waals surface area contributed by atoms with Crippen molar-refractivity contribution >= 4 is 20.6 Å². The topological polar surface area (TPSA) is 57.5 Å². The van der Waals surface area contributed by atoms with Gasteiger partial charge in [-0.05, 0) is 23.6 Å². The molecule has 1 atom stereocenters. The summed E-state index contributed by atoms with van der Waals surface area (Å²) in [4.78, 5) is 0.0170. The van der Waals surface area contributed by atoms with E-state index in [2.05, 4.69) is 12.4 Å². The zero-order chi connectivity index (χ0) is 10.1. The highest BCUT2D eigenvalue weighted by atomic mass is 32.2. The standard InChI is InChI=1S/C9H10O3S/c1-7(13(2,11)12)8-4-3-5-9(10)6-8/h3-6,10H,1-2H2,(H,11,12). The summed E-state index contributed by atoms with van der Waals surface area (Å²) in [6.45, 7) is 3.44. The highest BCUT2D eigenvalue weighted by Gasteiger charge is 2.07. The fourth-order valence-corrected chi connectivity index (χ4v) is 1.36. The highest BCUT2D eigenvalue weighted by Crippen LogP contribution is 2.21. The smallest absolute Gasteiger partial charge is 0.116 e. The number of aromatic hydroxyl groups is 1. The van der Waals surface area contributed by atoms with Crippen LogP contribution in [0, 0.1) is 0 Å². The number of rotatable bonds is 2. The van der Waals surface area contributed by atoms with Crippen LogP contribution in [-0.2, 0) is 9.80 Å². The Hall–Kier alpha value is -1.26. The molecule has 1 aromatic rings. The molecule has 0 aliphatic carbocycles. The van der Waals surface area contributed by atoms with Gasteiger partial charge < -0.3 is 9.66 Å². The third-order valence-corrected chi connectivity index (χ3v) is 2.56. The van der Waals surface area contributed by atoms with E-state index in [1.807, 2.05) is 0 Å². The summed E-state index contributed by atoms with van der Waals surface area (Å²) in [7, 11) is -3.28. The van der Waals surface area contributed by atoms with Crippen LogP contribution in [0.5, 0.6) is 5.75 Å². The monoisotopic (exact) mass is 198 g/mol. The number of hydrogen-bond acceptors (Lipinski definition) is 2. The van der Waals surface area contributed by atoms with Crippen molar-refractivity contribution in [3.8, 4) is 5.75 Å². The van der Waals surface area contributed by atoms with Crippen molar-refractivity contribution in [3.05, 3.63) is 36.4 Å². The SMILES string of the molecule is C=C(c1cccc(O)c1)S(=C)(=O)O. The Bertz CT molecular complexity index is 432. The van der Waals surface area contributed by atoms with Crippen LogP contribution in [0.2, 0.25) is 0 Å². The van der Waals surface area contributed by atoms with Crippen molar-refractivity contribution in [2.75, 3.05) is 0 Å². The van der Waals surface area contributed by atoms with Crippen molar-refractivity contribution in [1.82, 2.24) is 0 Å². The average molecular weight is 198 g/mol. The van der Waals surface area contributed by atoms with Gasteiger partial charge in [0.25, 0.3) is 0 Å². The quantitative estimate of drug-likeness (QED) is 0.709. The summed E-state index contributed by atoms with van der Waals surface area (Å²) in [5.41, 5.74) is 0.419. The minimum Gasteiger partial charge on any atom is -0.508 e. The van der Waals surface area contributed by atoms with Crippen molar-refractivity contribution < 1.29 is 13.9 Å². The van der Waals surface area contributed by atoms with E-state index < -0.39 is 9.80 Å². The minimum absolute atomic E-state index is 0.0170. The molecule has 2 N–H and O–H groups in total. The molecule has 0 heterocycles. The Balaban J connectivity index is 3.18. The first-order valence-corrected chi connectivity index (χ1v) is 5.17. The number of hydrogen-bond donors (Lipinski definition) is 2. The van der Waals surface area contributed by atoms with E-state index >= 15 is 0 Å². The summed E-state index contributed by atoms with van der Waals surface area (Å²) in [6.07, 6.45) is 0. The van der Waals surface area contributed by atoms with E-state index in [0.29, 0.717) is 5.56 Å².